The number of carbonyl (C=O) groups is 1. The Labute approximate surface area is 160 Å². The molecule has 1 unspecified atom stereocenters. The van der Waals surface area contributed by atoms with Crippen molar-refractivity contribution >= 4 is 11.7 Å². The fraction of sp³-hybridized carbons (Fsp3) is 0.550. The molecule has 1 saturated heterocycles. The van der Waals surface area contributed by atoms with Gasteiger partial charge in [-0.2, -0.15) is 0 Å². The third-order valence-corrected chi connectivity index (χ3v) is 4.54. The van der Waals surface area contributed by atoms with Gasteiger partial charge in [0, 0.05) is 31.3 Å². The number of nitrogens with one attached hydrogen (secondary N) is 1. The summed E-state index contributed by atoms with van der Waals surface area (Å²) in [5.41, 5.74) is 0.811. The van der Waals surface area contributed by atoms with Crippen LogP contribution in [0.2, 0.25) is 0 Å². The van der Waals surface area contributed by atoms with E-state index in [4.69, 9.17) is 9.15 Å². The molecule has 0 bridgehead atoms. The normalized spacial score (nSPS) is 17.6. The summed E-state index contributed by atoms with van der Waals surface area (Å²) in [5.74, 6) is 2.08. The van der Waals surface area contributed by atoms with Gasteiger partial charge in [-0.15, -0.1) is 10.2 Å². The van der Waals surface area contributed by atoms with Crippen LogP contribution in [0.25, 0.3) is 0 Å². The minimum atomic E-state index is -0.123. The Kier molecular flexibility index (Phi) is 5.68. The van der Waals surface area contributed by atoms with Gasteiger partial charge in [0.05, 0.1) is 13.0 Å². The van der Waals surface area contributed by atoms with Crippen molar-refractivity contribution in [2.75, 3.05) is 25.5 Å². The zero-order valence-corrected chi connectivity index (χ0v) is 16.5. The van der Waals surface area contributed by atoms with Gasteiger partial charge in [-0.3, -0.25) is 0 Å². The summed E-state index contributed by atoms with van der Waals surface area (Å²) in [6.45, 7) is 7.72. The molecule has 3 rings (SSSR count). The number of nitrogens with zero attached hydrogens (tertiary/aromatic N) is 3. The van der Waals surface area contributed by atoms with Gasteiger partial charge in [0.25, 0.3) is 0 Å². The summed E-state index contributed by atoms with van der Waals surface area (Å²) in [5, 5.41) is 11.4. The van der Waals surface area contributed by atoms with E-state index >= 15 is 0 Å². The molecule has 0 radical (unpaired) electrons. The van der Waals surface area contributed by atoms with Gasteiger partial charge in [-0.25, -0.2) is 4.79 Å². The van der Waals surface area contributed by atoms with Crippen LogP contribution in [0.3, 0.4) is 0 Å². The van der Waals surface area contributed by atoms with E-state index in [9.17, 15) is 4.79 Å². The maximum atomic E-state index is 12.6. The Bertz CT molecular complexity index is 782. The summed E-state index contributed by atoms with van der Waals surface area (Å²) in [7, 11) is 1.61. The van der Waals surface area contributed by atoms with Crippen LogP contribution in [-0.2, 0) is 6.42 Å². The Balaban J connectivity index is 1.62. The average molecular weight is 372 g/mol. The number of urea groups is 1. The van der Waals surface area contributed by atoms with Gasteiger partial charge in [0.15, 0.2) is 0 Å². The zero-order chi connectivity index (χ0) is 19.4. The van der Waals surface area contributed by atoms with Crippen LogP contribution in [0.1, 0.15) is 51.3 Å². The van der Waals surface area contributed by atoms with Crippen molar-refractivity contribution in [3.8, 4) is 5.75 Å². The standard InChI is InChI=1S/C20H28N4O3/c1-20(2,3)12-17-22-23-18(27-17)14-7-6-10-24(13-14)19(25)21-15-8-5-9-16(11-15)26-4/h5,8-9,11,14H,6-7,10,12-13H2,1-4H3,(H,21,25). The highest BCUT2D eigenvalue weighted by molar-refractivity contribution is 5.89. The van der Waals surface area contributed by atoms with Gasteiger partial charge in [0.1, 0.15) is 5.75 Å². The van der Waals surface area contributed by atoms with Gasteiger partial charge < -0.3 is 19.4 Å². The van der Waals surface area contributed by atoms with Crippen molar-refractivity contribution in [1.29, 1.82) is 0 Å². The Morgan fingerprint density at radius 1 is 1.37 bits per heavy atom. The van der Waals surface area contributed by atoms with Gasteiger partial charge in [-0.05, 0) is 30.4 Å². The topological polar surface area (TPSA) is 80.5 Å². The summed E-state index contributed by atoms with van der Waals surface area (Å²) < 4.78 is 11.1. The lowest BCUT2D eigenvalue weighted by Crippen LogP contribution is -2.41. The number of aromatic nitrogens is 2. The number of hydrogen-bond acceptors (Lipinski definition) is 5. The number of carbonyl (C=O) groups excluding carboxylic acids is 1. The van der Waals surface area contributed by atoms with Crippen molar-refractivity contribution in [3.05, 3.63) is 36.0 Å². The lowest BCUT2D eigenvalue weighted by molar-refractivity contribution is 0.186. The predicted molar refractivity (Wildman–Crippen MR) is 103 cm³/mol. The van der Waals surface area contributed by atoms with Gasteiger partial charge >= 0.3 is 6.03 Å². The Morgan fingerprint density at radius 3 is 2.93 bits per heavy atom. The molecule has 1 aromatic carbocycles. The second kappa shape index (κ2) is 7.98. The second-order valence-electron chi connectivity index (χ2n) is 8.22. The van der Waals surface area contributed by atoms with Crippen LogP contribution in [0.4, 0.5) is 10.5 Å². The molecule has 27 heavy (non-hydrogen) atoms. The Morgan fingerprint density at radius 2 is 2.19 bits per heavy atom. The van der Waals surface area contributed by atoms with E-state index in [1.807, 2.05) is 18.2 Å². The predicted octanol–water partition coefficient (Wildman–Crippen LogP) is 4.08. The third kappa shape index (κ3) is 5.21. The summed E-state index contributed by atoms with van der Waals surface area (Å²) in [6, 6.07) is 7.22. The monoisotopic (exact) mass is 372 g/mol. The quantitative estimate of drug-likeness (QED) is 0.875. The molecule has 2 heterocycles. The highest BCUT2D eigenvalue weighted by atomic mass is 16.5. The molecule has 146 valence electrons. The molecule has 0 saturated carbocycles. The van der Waals surface area contributed by atoms with Gasteiger partial charge in [0.2, 0.25) is 11.8 Å². The van der Waals surface area contributed by atoms with Crippen LogP contribution in [0.5, 0.6) is 5.75 Å². The summed E-state index contributed by atoms with van der Waals surface area (Å²) >= 11 is 0. The third-order valence-electron chi connectivity index (χ3n) is 4.54. The molecule has 0 spiro atoms. The molecule has 1 aromatic heterocycles. The lowest BCUT2D eigenvalue weighted by atomic mass is 9.92. The summed E-state index contributed by atoms with van der Waals surface area (Å²) in [6.07, 6.45) is 2.60. The number of methoxy groups -OCH3 is 1. The second-order valence-corrected chi connectivity index (χ2v) is 8.22. The van der Waals surface area contributed by atoms with E-state index in [0.29, 0.717) is 29.8 Å². The maximum absolute atomic E-state index is 12.6. The number of likely N-dealkylation sites (tertiary alicyclic amines) is 1. The fourth-order valence-electron chi connectivity index (χ4n) is 3.22. The molecule has 1 fully saturated rings. The largest absolute Gasteiger partial charge is 0.497 e. The first-order valence-electron chi connectivity index (χ1n) is 9.36. The maximum Gasteiger partial charge on any atom is 0.321 e. The average Bonchev–Trinajstić information content (AvgIpc) is 3.08. The number of amides is 2. The van der Waals surface area contributed by atoms with E-state index in [1.165, 1.54) is 0 Å². The van der Waals surface area contributed by atoms with Crippen molar-refractivity contribution in [1.82, 2.24) is 15.1 Å². The molecule has 2 amide bonds. The Hall–Kier alpha value is -2.57. The van der Waals surface area contributed by atoms with E-state index in [2.05, 4.69) is 36.3 Å². The van der Waals surface area contributed by atoms with E-state index in [1.54, 1.807) is 18.1 Å². The molecule has 1 aliphatic rings. The number of benzene rings is 1. The van der Waals surface area contributed by atoms with E-state index < -0.39 is 0 Å². The molecular weight excluding hydrogens is 344 g/mol. The SMILES string of the molecule is COc1cccc(NC(=O)N2CCCC(c3nnc(CC(C)(C)C)o3)C2)c1. The smallest absolute Gasteiger partial charge is 0.321 e. The number of piperidine rings is 1. The van der Waals surface area contributed by atoms with Crippen molar-refractivity contribution in [2.24, 2.45) is 5.41 Å². The molecule has 1 aliphatic heterocycles. The molecule has 7 nitrogen and oxygen atoms in total. The van der Waals surface area contributed by atoms with E-state index in [-0.39, 0.29) is 17.4 Å². The lowest BCUT2D eigenvalue weighted by Gasteiger charge is -2.31. The number of anilines is 1. The highest BCUT2D eigenvalue weighted by Gasteiger charge is 2.29. The molecule has 2 aromatic rings. The molecule has 1 atom stereocenters. The molecular formula is C20H28N4O3. The van der Waals surface area contributed by atoms with Crippen molar-refractivity contribution < 1.29 is 13.9 Å². The number of hydrogen-bond donors (Lipinski definition) is 1. The van der Waals surface area contributed by atoms with E-state index in [0.717, 1.165) is 25.8 Å². The van der Waals surface area contributed by atoms with Crippen molar-refractivity contribution in [2.45, 2.75) is 46.0 Å². The van der Waals surface area contributed by atoms with Crippen molar-refractivity contribution in [3.63, 3.8) is 0 Å². The first-order chi connectivity index (χ1) is 12.8. The zero-order valence-electron chi connectivity index (χ0n) is 16.5. The van der Waals surface area contributed by atoms with Gasteiger partial charge in [-0.1, -0.05) is 26.8 Å². The molecule has 1 N–H and O–H groups in total. The first-order valence-corrected chi connectivity index (χ1v) is 9.36. The minimum Gasteiger partial charge on any atom is -0.497 e. The van der Waals surface area contributed by atoms with Crippen LogP contribution in [0.15, 0.2) is 28.7 Å². The molecule has 0 aliphatic carbocycles. The van der Waals surface area contributed by atoms with Crippen LogP contribution >= 0.6 is 0 Å². The first kappa shape index (κ1) is 19.2. The number of rotatable bonds is 4. The van der Waals surface area contributed by atoms with Crippen LogP contribution < -0.4 is 10.1 Å². The van der Waals surface area contributed by atoms with Crippen LogP contribution in [0, 0.1) is 5.41 Å². The highest BCUT2D eigenvalue weighted by Crippen LogP contribution is 2.28. The summed E-state index contributed by atoms with van der Waals surface area (Å²) in [4.78, 5) is 14.5. The number of ether oxygens (including phenoxy) is 1. The van der Waals surface area contributed by atoms with Crippen LogP contribution in [-0.4, -0.2) is 41.3 Å². The molecule has 7 heteroatoms. The fourth-order valence-corrected chi connectivity index (χ4v) is 3.22. The minimum absolute atomic E-state index is 0.0797.